The van der Waals surface area contributed by atoms with Crippen LogP contribution >= 0.6 is 0 Å². The lowest BCUT2D eigenvalue weighted by Crippen LogP contribution is -2.69. The van der Waals surface area contributed by atoms with Gasteiger partial charge in [-0.15, -0.1) is 0 Å². The van der Waals surface area contributed by atoms with Crippen LogP contribution in [0.15, 0.2) is 103 Å². The summed E-state index contributed by atoms with van der Waals surface area (Å²) in [5, 5.41) is 10.3. The summed E-state index contributed by atoms with van der Waals surface area (Å²) in [6.45, 7) is 2.62. The number of aryl methyl sites for hydroxylation is 1. The maximum Gasteiger partial charge on any atom is 0.222 e. The fourth-order valence-electron chi connectivity index (χ4n) is 11.3. The van der Waals surface area contributed by atoms with Crippen molar-refractivity contribution >= 4 is 5.91 Å². The Morgan fingerprint density at radius 1 is 0.891 bits per heavy atom. The van der Waals surface area contributed by atoms with Gasteiger partial charge in [-0.25, -0.2) is 0 Å². The molecule has 6 nitrogen and oxygen atoms in total. The van der Waals surface area contributed by atoms with Gasteiger partial charge in [0.15, 0.2) is 11.5 Å². The summed E-state index contributed by atoms with van der Waals surface area (Å²) in [5.41, 5.74) is 6.49. The number of benzene rings is 4. The number of aliphatic hydroxyl groups is 1. The van der Waals surface area contributed by atoms with E-state index in [1.807, 2.05) is 0 Å². The smallest absolute Gasteiger partial charge is 0.222 e. The lowest BCUT2D eigenvalue weighted by Gasteiger charge is -2.60. The molecule has 1 saturated heterocycles. The molecule has 7 atom stereocenters. The first-order valence-corrected chi connectivity index (χ1v) is 21.3. The molecule has 5 aliphatic rings. The highest BCUT2D eigenvalue weighted by Gasteiger charge is 2.67. The van der Waals surface area contributed by atoms with Gasteiger partial charge in [0.2, 0.25) is 5.91 Å². The molecule has 55 heavy (non-hydrogen) atoms. The number of hydrogen-bond donors (Lipinski definition) is 1. The second-order valence-electron chi connectivity index (χ2n) is 17.2. The molecule has 2 saturated carbocycles. The molecule has 3 fully saturated rings. The van der Waals surface area contributed by atoms with Crippen LogP contribution in [0, 0.1) is 11.8 Å². The molecule has 1 spiro atoms. The number of nitrogens with zero attached hydrogens (tertiary/aromatic N) is 2. The van der Waals surface area contributed by atoms with Crippen LogP contribution in [0.2, 0.25) is 0 Å². The van der Waals surface area contributed by atoms with Gasteiger partial charge in [-0.3, -0.25) is 9.69 Å². The van der Waals surface area contributed by atoms with Crippen LogP contribution in [0.4, 0.5) is 0 Å². The van der Waals surface area contributed by atoms with Gasteiger partial charge >= 0.3 is 0 Å². The second kappa shape index (κ2) is 15.8. The van der Waals surface area contributed by atoms with Crippen molar-refractivity contribution in [3.8, 4) is 11.5 Å². The molecule has 0 radical (unpaired) electrons. The van der Waals surface area contributed by atoms with Crippen molar-refractivity contribution in [3.63, 3.8) is 0 Å². The molecule has 1 amide bonds. The first-order chi connectivity index (χ1) is 27.0. The van der Waals surface area contributed by atoms with E-state index in [0.29, 0.717) is 30.8 Å². The van der Waals surface area contributed by atoms with Crippen LogP contribution < -0.4 is 9.47 Å². The molecule has 288 valence electrons. The molecule has 2 aliphatic heterocycles. The van der Waals surface area contributed by atoms with Gasteiger partial charge in [0.05, 0.1) is 19.3 Å². The largest absolute Gasteiger partial charge is 0.493 e. The predicted molar refractivity (Wildman–Crippen MR) is 218 cm³/mol. The third-order valence-electron chi connectivity index (χ3n) is 14.2. The summed E-state index contributed by atoms with van der Waals surface area (Å²) >= 11 is 0. The molecule has 6 heteroatoms. The summed E-state index contributed by atoms with van der Waals surface area (Å²) < 4.78 is 13.3. The van der Waals surface area contributed by atoms with Gasteiger partial charge in [-0.2, -0.15) is 0 Å². The van der Waals surface area contributed by atoms with Crippen molar-refractivity contribution in [2.24, 2.45) is 11.8 Å². The van der Waals surface area contributed by atoms with Crippen LogP contribution in [0.3, 0.4) is 0 Å². The number of likely N-dealkylation sites (tertiary alicyclic amines) is 1. The number of methoxy groups -OCH3 is 1. The predicted octanol–water partition coefficient (Wildman–Crippen LogP) is 8.73. The SMILES string of the molecule is COc1ccc2c3c1O[C@H]1[C@H](N(CC(c4ccccc4)c4ccccc4)C(=O)CCCCCCCc4ccccc4)CC[C@H]4[C@@H](C2)N(CC2CC2O)CC[C@@]341. The first kappa shape index (κ1) is 36.5. The number of amides is 1. The van der Waals surface area contributed by atoms with Gasteiger partial charge in [-0.05, 0) is 92.1 Å². The summed E-state index contributed by atoms with van der Waals surface area (Å²) in [5.74, 6) is 2.92. The summed E-state index contributed by atoms with van der Waals surface area (Å²) in [7, 11) is 1.76. The Morgan fingerprint density at radius 3 is 2.25 bits per heavy atom. The Hall–Kier alpha value is -4.13. The van der Waals surface area contributed by atoms with E-state index in [1.165, 1.54) is 40.7 Å². The van der Waals surface area contributed by atoms with Gasteiger partial charge in [0, 0.05) is 48.4 Å². The molecule has 4 aromatic carbocycles. The zero-order valence-electron chi connectivity index (χ0n) is 32.5. The number of rotatable bonds is 16. The molecule has 2 unspecified atom stereocenters. The fourth-order valence-corrected chi connectivity index (χ4v) is 11.3. The monoisotopic (exact) mass is 738 g/mol. The third kappa shape index (κ3) is 6.99. The fraction of sp³-hybridized carbons (Fsp3) is 0.490. The molecule has 4 aromatic rings. The molecule has 3 aliphatic carbocycles. The lowest BCUT2D eigenvalue weighted by atomic mass is 9.51. The highest BCUT2D eigenvalue weighted by molar-refractivity contribution is 5.77. The van der Waals surface area contributed by atoms with E-state index in [0.717, 1.165) is 82.4 Å². The third-order valence-corrected chi connectivity index (χ3v) is 14.2. The number of aliphatic hydroxyl groups excluding tert-OH is 1. The van der Waals surface area contributed by atoms with Gasteiger partial charge in [0.25, 0.3) is 0 Å². The Bertz CT molecular complexity index is 1880. The van der Waals surface area contributed by atoms with E-state index in [4.69, 9.17) is 9.47 Å². The van der Waals surface area contributed by atoms with Crippen LogP contribution in [0.5, 0.6) is 11.5 Å². The van der Waals surface area contributed by atoms with Crippen molar-refractivity contribution in [2.45, 2.75) is 113 Å². The van der Waals surface area contributed by atoms with Crippen molar-refractivity contribution in [3.05, 3.63) is 131 Å². The van der Waals surface area contributed by atoms with Gasteiger partial charge in [0.1, 0.15) is 6.10 Å². The highest BCUT2D eigenvalue weighted by atomic mass is 16.5. The normalized spacial score (nSPS) is 27.3. The summed E-state index contributed by atoms with van der Waals surface area (Å²) in [4.78, 5) is 20.0. The zero-order chi connectivity index (χ0) is 37.4. The highest BCUT2D eigenvalue weighted by Crippen LogP contribution is 2.64. The molecule has 1 N–H and O–H groups in total. The van der Waals surface area contributed by atoms with E-state index in [-0.39, 0.29) is 35.5 Å². The molecule has 2 bridgehead atoms. The van der Waals surface area contributed by atoms with E-state index >= 15 is 0 Å². The second-order valence-corrected chi connectivity index (χ2v) is 17.2. The maximum absolute atomic E-state index is 15.0. The average molecular weight is 739 g/mol. The van der Waals surface area contributed by atoms with Crippen LogP contribution in [-0.4, -0.2) is 71.8 Å². The van der Waals surface area contributed by atoms with Gasteiger partial charge < -0.3 is 19.5 Å². The van der Waals surface area contributed by atoms with Crippen molar-refractivity contribution in [1.29, 1.82) is 0 Å². The maximum atomic E-state index is 15.0. The zero-order valence-corrected chi connectivity index (χ0v) is 32.5. The quantitative estimate of drug-likeness (QED) is 0.117. The van der Waals surface area contributed by atoms with Crippen molar-refractivity contribution in [1.82, 2.24) is 9.80 Å². The summed E-state index contributed by atoms with van der Waals surface area (Å²) in [6.07, 6.45) is 11.9. The number of hydrogen-bond acceptors (Lipinski definition) is 5. The van der Waals surface area contributed by atoms with Gasteiger partial charge in [-0.1, -0.05) is 116 Å². The molecule has 0 aromatic heterocycles. The minimum absolute atomic E-state index is 0.0370. The van der Waals surface area contributed by atoms with E-state index in [9.17, 15) is 9.90 Å². The minimum Gasteiger partial charge on any atom is -0.493 e. The Morgan fingerprint density at radius 2 is 1.56 bits per heavy atom. The molecule has 2 heterocycles. The number of ether oxygens (including phenoxy) is 2. The number of unbranched alkanes of at least 4 members (excludes halogenated alkanes) is 4. The van der Waals surface area contributed by atoms with Crippen LogP contribution in [0.25, 0.3) is 0 Å². The minimum atomic E-state index is -0.157. The number of carbonyl (C=O) groups is 1. The molecular weight excluding hydrogens is 681 g/mol. The average Bonchev–Trinajstić information content (AvgIpc) is 3.81. The van der Waals surface area contributed by atoms with Crippen LogP contribution in [0.1, 0.15) is 97.9 Å². The van der Waals surface area contributed by atoms with Crippen molar-refractivity contribution in [2.75, 3.05) is 26.7 Å². The van der Waals surface area contributed by atoms with E-state index in [1.54, 1.807) is 7.11 Å². The lowest BCUT2D eigenvalue weighted by molar-refractivity contribution is -0.143. The first-order valence-electron chi connectivity index (χ1n) is 21.3. The Balaban J connectivity index is 1.01. The molecular formula is C49H58N2O4. The Kier molecular flexibility index (Phi) is 10.5. The topological polar surface area (TPSA) is 62.2 Å². The molecule has 9 rings (SSSR count). The van der Waals surface area contributed by atoms with Crippen LogP contribution in [-0.2, 0) is 23.1 Å². The Labute approximate surface area is 327 Å². The number of carbonyl (C=O) groups excluding carboxylic acids is 1. The van der Waals surface area contributed by atoms with Crippen molar-refractivity contribution < 1.29 is 19.4 Å². The summed E-state index contributed by atoms with van der Waals surface area (Å²) in [6, 6.07) is 37.1. The number of piperidine rings is 1. The standard InChI is InChI=1S/C49H58N2O4/c1-54-44-27-24-37-30-42-40-25-26-41(48-49(40,46(37)47(44)55-48)28-29-50(42)32-38-31-43(38)52)51(33-39(35-19-11-6-12-20-35)36-21-13-7-14-22-36)45(53)23-15-4-2-3-8-16-34-17-9-5-10-18-34/h5-7,9-14,17-22,24,27,38-43,48,52H,2-4,8,15-16,23,25-26,28-33H2,1H3/t38?,40-,41+,42+,43?,48-,49-/m0/s1. The van der Waals surface area contributed by atoms with E-state index in [2.05, 4.69) is 113 Å². The van der Waals surface area contributed by atoms with E-state index < -0.39 is 0 Å².